The lowest BCUT2D eigenvalue weighted by atomic mass is 9.70. The molecule has 2 bridgehead atoms. The van der Waals surface area contributed by atoms with Crippen LogP contribution >= 0.6 is 11.8 Å². The van der Waals surface area contributed by atoms with Crippen molar-refractivity contribution in [2.45, 2.75) is 41.3 Å². The van der Waals surface area contributed by atoms with Gasteiger partial charge in [-0.05, 0) is 47.7 Å². The molecule has 0 aromatic heterocycles. The van der Waals surface area contributed by atoms with Crippen molar-refractivity contribution >= 4 is 45.9 Å². The van der Waals surface area contributed by atoms with Crippen molar-refractivity contribution in [3.05, 3.63) is 104 Å². The van der Waals surface area contributed by atoms with Crippen LogP contribution < -0.4 is 4.90 Å². The first-order valence-electron chi connectivity index (χ1n) is 15.3. The number of nitrogens with zero attached hydrogens (tertiary/aromatic N) is 3. The van der Waals surface area contributed by atoms with Gasteiger partial charge in [-0.15, -0.1) is 24.9 Å². The van der Waals surface area contributed by atoms with Gasteiger partial charge in [0, 0.05) is 31.1 Å². The quantitative estimate of drug-likeness (QED) is 0.319. The molecule has 44 heavy (non-hydrogen) atoms. The zero-order valence-electron chi connectivity index (χ0n) is 25.0. The lowest BCUT2D eigenvalue weighted by Crippen LogP contribution is -2.58. The molecule has 3 aromatic rings. The summed E-state index contributed by atoms with van der Waals surface area (Å²) in [7, 11) is 1.74. The van der Waals surface area contributed by atoms with Gasteiger partial charge in [-0.25, -0.2) is 0 Å². The fourth-order valence-corrected chi connectivity index (χ4v) is 9.86. The highest BCUT2D eigenvalue weighted by Crippen LogP contribution is 2.67. The van der Waals surface area contributed by atoms with E-state index in [4.69, 9.17) is 0 Å². The molecular formula is C36H39N3O4S. The maximum atomic E-state index is 15.0. The van der Waals surface area contributed by atoms with Crippen LogP contribution in [0.3, 0.4) is 0 Å². The summed E-state index contributed by atoms with van der Waals surface area (Å²) in [5, 5.41) is 12.8. The summed E-state index contributed by atoms with van der Waals surface area (Å²) >= 11 is 1.64. The molecule has 0 aliphatic carbocycles. The molecule has 3 fully saturated rings. The number of carbonyl (C=O) groups excluding carboxylic acids is 3. The van der Waals surface area contributed by atoms with E-state index in [0.717, 1.165) is 28.4 Å². The summed E-state index contributed by atoms with van der Waals surface area (Å²) in [5.74, 6) is -1.68. The lowest BCUT2D eigenvalue weighted by Gasteiger charge is -2.39. The Morgan fingerprint density at radius 1 is 1.02 bits per heavy atom. The van der Waals surface area contributed by atoms with Crippen molar-refractivity contribution in [1.82, 2.24) is 9.80 Å². The highest BCUT2D eigenvalue weighted by atomic mass is 32.2. The molecule has 8 heteroatoms. The van der Waals surface area contributed by atoms with Crippen molar-refractivity contribution < 1.29 is 19.5 Å². The maximum Gasteiger partial charge on any atom is 0.251 e. The first-order chi connectivity index (χ1) is 21.3. The second-order valence-electron chi connectivity index (χ2n) is 12.1. The molecule has 1 spiro atoms. The Morgan fingerprint density at radius 3 is 2.43 bits per heavy atom. The van der Waals surface area contributed by atoms with Crippen molar-refractivity contribution in [3.63, 3.8) is 0 Å². The molecule has 3 amide bonds. The summed E-state index contributed by atoms with van der Waals surface area (Å²) in [4.78, 5) is 48.5. The molecule has 3 aliphatic rings. The number of fused-ring (bicyclic) bond motifs is 2. The molecule has 0 saturated carbocycles. The van der Waals surface area contributed by atoms with Crippen molar-refractivity contribution in [1.29, 1.82) is 0 Å². The van der Waals surface area contributed by atoms with E-state index in [1.54, 1.807) is 45.7 Å². The monoisotopic (exact) mass is 609 g/mol. The topological polar surface area (TPSA) is 81.2 Å². The van der Waals surface area contributed by atoms with Gasteiger partial charge in [-0.2, -0.15) is 0 Å². The van der Waals surface area contributed by atoms with Gasteiger partial charge >= 0.3 is 0 Å². The Morgan fingerprint density at radius 2 is 1.73 bits per heavy atom. The molecule has 7 nitrogen and oxygen atoms in total. The van der Waals surface area contributed by atoms with E-state index in [2.05, 4.69) is 13.2 Å². The predicted octanol–water partition coefficient (Wildman–Crippen LogP) is 4.70. The number of aliphatic hydroxyl groups is 1. The largest absolute Gasteiger partial charge is 0.394 e. The van der Waals surface area contributed by atoms with Gasteiger partial charge < -0.3 is 19.8 Å². The number of likely N-dealkylation sites (N-methyl/N-ethyl adjacent to an activating group) is 1. The highest BCUT2D eigenvalue weighted by Gasteiger charge is 2.74. The Kier molecular flexibility index (Phi) is 8.40. The van der Waals surface area contributed by atoms with E-state index >= 15 is 4.79 Å². The molecule has 0 radical (unpaired) electrons. The summed E-state index contributed by atoms with van der Waals surface area (Å²) in [6.45, 7) is 8.08. The van der Waals surface area contributed by atoms with Crippen LogP contribution in [-0.2, 0) is 20.8 Å². The van der Waals surface area contributed by atoms with Gasteiger partial charge in [0.1, 0.15) is 6.04 Å². The molecule has 3 heterocycles. The average molecular weight is 610 g/mol. The van der Waals surface area contributed by atoms with E-state index in [1.165, 1.54) is 0 Å². The number of aliphatic hydroxyl groups excluding tert-OH is 1. The van der Waals surface area contributed by atoms with Crippen LogP contribution in [0.2, 0.25) is 0 Å². The first kappa shape index (κ1) is 30.2. The zero-order valence-corrected chi connectivity index (χ0v) is 25.9. The number of amides is 3. The number of benzene rings is 3. The summed E-state index contributed by atoms with van der Waals surface area (Å²) in [6, 6.07) is 22.2. The van der Waals surface area contributed by atoms with Gasteiger partial charge in [0.05, 0.1) is 29.2 Å². The van der Waals surface area contributed by atoms with Crippen molar-refractivity contribution in [2.75, 3.05) is 31.6 Å². The van der Waals surface area contributed by atoms with E-state index in [9.17, 15) is 14.7 Å². The van der Waals surface area contributed by atoms with Crippen LogP contribution in [0, 0.1) is 11.8 Å². The van der Waals surface area contributed by atoms with E-state index in [1.807, 2.05) is 72.8 Å². The third-order valence-corrected chi connectivity index (χ3v) is 11.5. The number of hydrogen-bond donors (Lipinski definition) is 1. The minimum atomic E-state index is -0.843. The van der Waals surface area contributed by atoms with Gasteiger partial charge in [0.15, 0.2) is 0 Å². The third-order valence-electron chi connectivity index (χ3n) is 9.58. The number of carbonyl (C=O) groups is 3. The SMILES string of the molecule is C=CCN(C)C(=O)[C@@H]1[C@@H]2CCC3(S2)C(C(=O)N(CC=C)c2ccc4ccccc4c2)N([C@@H](CO)Cc2ccccc2)C(=O)[C@H]13. The molecule has 3 saturated heterocycles. The number of likely N-dealkylation sites (tertiary alicyclic amines) is 1. The van der Waals surface area contributed by atoms with E-state index in [0.29, 0.717) is 19.4 Å². The second kappa shape index (κ2) is 12.3. The van der Waals surface area contributed by atoms with Crippen LogP contribution in [-0.4, -0.2) is 81.5 Å². The summed E-state index contributed by atoms with van der Waals surface area (Å²) in [5.41, 5.74) is 1.69. The molecular weight excluding hydrogens is 570 g/mol. The predicted molar refractivity (Wildman–Crippen MR) is 176 cm³/mol. The minimum absolute atomic E-state index is 0.0450. The Bertz CT molecular complexity index is 1590. The van der Waals surface area contributed by atoms with Crippen molar-refractivity contribution in [2.24, 2.45) is 11.8 Å². The van der Waals surface area contributed by atoms with Crippen LogP contribution in [0.15, 0.2) is 98.1 Å². The molecule has 6 rings (SSSR count). The van der Waals surface area contributed by atoms with Gasteiger partial charge in [0.25, 0.3) is 5.91 Å². The second-order valence-corrected chi connectivity index (χ2v) is 13.7. The average Bonchev–Trinajstić information content (AvgIpc) is 3.69. The zero-order chi connectivity index (χ0) is 31.0. The van der Waals surface area contributed by atoms with Crippen LogP contribution in [0.1, 0.15) is 18.4 Å². The van der Waals surface area contributed by atoms with E-state index < -0.39 is 28.7 Å². The Balaban J connectivity index is 1.45. The number of anilines is 1. The fraction of sp³-hybridized carbons (Fsp3) is 0.361. The number of rotatable bonds is 11. The lowest BCUT2D eigenvalue weighted by molar-refractivity contribution is -0.144. The molecule has 2 unspecified atom stereocenters. The van der Waals surface area contributed by atoms with Crippen LogP contribution in [0.25, 0.3) is 10.8 Å². The van der Waals surface area contributed by atoms with Gasteiger partial charge in [0.2, 0.25) is 11.8 Å². The van der Waals surface area contributed by atoms with Crippen LogP contribution in [0.5, 0.6) is 0 Å². The highest BCUT2D eigenvalue weighted by molar-refractivity contribution is 8.02. The standard InChI is InChI=1S/C36H39N3O4S/c1-4-19-37(3)33(41)30-29-17-18-36(44-29)31(30)34(42)39(28(23-40)21-24-11-7-6-8-12-24)32(36)35(43)38(20-5-2)27-16-15-25-13-9-10-14-26(25)22-27/h4-16,22,28-32,40H,1-2,17-21,23H2,3H3/t28-,29+,30-,31+,32?,36?/m1/s1. The Labute approximate surface area is 263 Å². The van der Waals surface area contributed by atoms with Gasteiger partial charge in [-0.3, -0.25) is 14.4 Å². The molecule has 3 aliphatic heterocycles. The van der Waals surface area contributed by atoms with Crippen molar-refractivity contribution in [3.8, 4) is 0 Å². The third kappa shape index (κ3) is 4.94. The van der Waals surface area contributed by atoms with Crippen LogP contribution in [0.4, 0.5) is 5.69 Å². The summed E-state index contributed by atoms with van der Waals surface area (Å²) in [6.07, 6.45) is 5.19. The molecule has 228 valence electrons. The molecule has 6 atom stereocenters. The number of hydrogen-bond acceptors (Lipinski definition) is 5. The molecule has 3 aromatic carbocycles. The normalized spacial score (nSPS) is 26.0. The number of thioether (sulfide) groups is 1. The first-order valence-corrected chi connectivity index (χ1v) is 16.1. The maximum absolute atomic E-state index is 15.0. The summed E-state index contributed by atoms with van der Waals surface area (Å²) < 4.78 is -0.769. The molecule has 1 N–H and O–H groups in total. The van der Waals surface area contributed by atoms with Gasteiger partial charge in [-0.1, -0.05) is 72.8 Å². The Hall–Kier alpha value is -3.88. The minimum Gasteiger partial charge on any atom is -0.394 e. The fourth-order valence-electron chi connectivity index (χ4n) is 7.66. The smallest absolute Gasteiger partial charge is 0.251 e. The van der Waals surface area contributed by atoms with E-state index in [-0.39, 0.29) is 36.1 Å².